The van der Waals surface area contributed by atoms with Crippen LogP contribution in [0.5, 0.6) is 5.75 Å². The van der Waals surface area contributed by atoms with E-state index >= 15 is 4.39 Å². The fourth-order valence-electron chi connectivity index (χ4n) is 5.25. The molecular formula is C30H29F2N7O3S. The number of hydrogen-bond acceptors (Lipinski definition) is 8. The summed E-state index contributed by atoms with van der Waals surface area (Å²) in [6, 6.07) is 5.34. The lowest BCUT2D eigenvalue weighted by Gasteiger charge is -2.36. The molecule has 6 rings (SSSR count). The zero-order valence-corrected chi connectivity index (χ0v) is 24.3. The zero-order chi connectivity index (χ0) is 30.2. The number of halogens is 2. The van der Waals surface area contributed by atoms with E-state index in [1.54, 1.807) is 19.2 Å². The lowest BCUT2D eigenvalue weighted by atomic mass is 9.97. The van der Waals surface area contributed by atoms with Gasteiger partial charge in [-0.2, -0.15) is 10.2 Å². The summed E-state index contributed by atoms with van der Waals surface area (Å²) in [7, 11) is 2.05. The summed E-state index contributed by atoms with van der Waals surface area (Å²) in [6.07, 6.45) is 4.90. The van der Waals surface area contributed by atoms with Crippen molar-refractivity contribution in [2.45, 2.75) is 19.0 Å². The molecule has 0 bridgehead atoms. The highest BCUT2D eigenvalue weighted by molar-refractivity contribution is 7.18. The Kier molecular flexibility index (Phi) is 7.77. The van der Waals surface area contributed by atoms with Gasteiger partial charge in [0.2, 0.25) is 5.91 Å². The van der Waals surface area contributed by atoms with E-state index in [2.05, 4.69) is 39.1 Å². The van der Waals surface area contributed by atoms with Gasteiger partial charge >= 0.3 is 0 Å². The van der Waals surface area contributed by atoms with E-state index in [1.165, 1.54) is 17.4 Å². The molecule has 0 aliphatic carbocycles. The minimum absolute atomic E-state index is 0.00195. The molecule has 10 nitrogen and oxygen atoms in total. The second kappa shape index (κ2) is 11.7. The van der Waals surface area contributed by atoms with Gasteiger partial charge in [0, 0.05) is 52.6 Å². The topological polar surface area (TPSA) is 121 Å². The molecule has 1 atom stereocenters. The van der Waals surface area contributed by atoms with Crippen LogP contribution in [0.4, 0.5) is 8.78 Å². The Morgan fingerprint density at radius 1 is 1.30 bits per heavy atom. The Labute approximate surface area is 249 Å². The number of aliphatic hydroxyl groups is 1. The first-order chi connectivity index (χ1) is 20.8. The van der Waals surface area contributed by atoms with Crippen molar-refractivity contribution in [2.75, 3.05) is 33.4 Å². The van der Waals surface area contributed by atoms with Crippen molar-refractivity contribution in [3.63, 3.8) is 0 Å². The number of carbonyl (C=O) groups excluding carboxylic acids is 1. The fourth-order valence-corrected chi connectivity index (χ4v) is 6.20. The predicted molar refractivity (Wildman–Crippen MR) is 160 cm³/mol. The molecular weight excluding hydrogens is 576 g/mol. The van der Waals surface area contributed by atoms with Crippen molar-refractivity contribution in [2.24, 2.45) is 0 Å². The second-order valence-electron chi connectivity index (χ2n) is 10.4. The number of rotatable bonds is 10. The van der Waals surface area contributed by atoms with Crippen LogP contribution in [0.25, 0.3) is 43.9 Å². The monoisotopic (exact) mass is 605 g/mol. The first-order valence-electron chi connectivity index (χ1n) is 13.6. The third kappa shape index (κ3) is 5.42. The number of likely N-dealkylation sites (tertiary alicyclic amines) is 1. The van der Waals surface area contributed by atoms with Gasteiger partial charge in [-0.05, 0) is 37.6 Å². The fraction of sp³-hybridized carbons (Fsp3) is 0.267. The summed E-state index contributed by atoms with van der Waals surface area (Å²) >= 11 is 1.38. The summed E-state index contributed by atoms with van der Waals surface area (Å²) in [6.45, 7) is 6.56. The van der Waals surface area contributed by atoms with E-state index in [9.17, 15) is 14.3 Å². The second-order valence-corrected chi connectivity index (χ2v) is 11.3. The SMILES string of the molecule is C=CC(=O)N[C@H](C)c1cc(-c2nc(-c3cnn(C4CN(C)C4)c3)c3ccsc3c2-c2c(F)cc(F)cc2OCCO)n[nH]1. The number of amides is 1. The van der Waals surface area contributed by atoms with Crippen LogP contribution in [0.15, 0.2) is 54.7 Å². The number of aromatic amines is 1. The lowest BCUT2D eigenvalue weighted by molar-refractivity contribution is -0.117. The van der Waals surface area contributed by atoms with E-state index < -0.39 is 17.7 Å². The number of thiophene rings is 1. The highest BCUT2D eigenvalue weighted by atomic mass is 32.1. The molecule has 0 saturated carbocycles. The van der Waals surface area contributed by atoms with E-state index in [0.29, 0.717) is 33.0 Å². The highest BCUT2D eigenvalue weighted by Crippen LogP contribution is 2.47. The molecule has 1 aliphatic heterocycles. The Morgan fingerprint density at radius 2 is 2.12 bits per heavy atom. The average molecular weight is 606 g/mol. The van der Waals surface area contributed by atoms with Gasteiger partial charge in [-0.25, -0.2) is 13.8 Å². The van der Waals surface area contributed by atoms with Gasteiger partial charge in [0.15, 0.2) is 0 Å². The van der Waals surface area contributed by atoms with Gasteiger partial charge in [-0.15, -0.1) is 11.3 Å². The quantitative estimate of drug-likeness (QED) is 0.197. The minimum Gasteiger partial charge on any atom is -0.490 e. The molecule has 0 unspecified atom stereocenters. The molecule has 43 heavy (non-hydrogen) atoms. The first kappa shape index (κ1) is 28.6. The van der Waals surface area contributed by atoms with E-state index in [4.69, 9.17) is 9.72 Å². The number of carbonyl (C=O) groups is 1. The van der Waals surface area contributed by atoms with Gasteiger partial charge in [-0.3, -0.25) is 14.6 Å². The summed E-state index contributed by atoms with van der Waals surface area (Å²) < 4.78 is 38.4. The third-order valence-electron chi connectivity index (χ3n) is 7.37. The van der Waals surface area contributed by atoms with E-state index in [0.717, 1.165) is 36.2 Å². The normalized spacial score (nSPS) is 14.5. The summed E-state index contributed by atoms with van der Waals surface area (Å²) in [5.41, 5.74) is 3.08. The van der Waals surface area contributed by atoms with Crippen LogP contribution in [0.3, 0.4) is 0 Å². The Bertz CT molecular complexity index is 1830. The van der Waals surface area contributed by atoms with Crippen molar-refractivity contribution >= 4 is 27.3 Å². The molecule has 0 radical (unpaired) electrons. The van der Waals surface area contributed by atoms with Gasteiger partial charge in [0.05, 0.1) is 41.8 Å². The standard InChI is InChI=1S/C30H29F2N7O3S/c1-4-25(41)34-16(2)22-11-23(37-36-22)29-27(26-21(32)9-18(31)10-24(26)42-7-6-40)30-20(5-8-43-30)28(35-29)17-12-33-39(13-17)19-14-38(3)15-19/h4-5,8-13,16,19,40H,1,6-7,14-15H2,2-3H3,(H,34,41)(H,36,37)/t16-/m1/s1. The molecule has 4 aromatic heterocycles. The molecule has 5 aromatic rings. The maximum atomic E-state index is 15.8. The van der Waals surface area contributed by atoms with E-state index in [-0.39, 0.29) is 36.5 Å². The molecule has 1 amide bonds. The van der Waals surface area contributed by atoms with Gasteiger partial charge in [0.1, 0.15) is 35.4 Å². The smallest absolute Gasteiger partial charge is 0.243 e. The molecule has 0 spiro atoms. The molecule has 1 fully saturated rings. The van der Waals surface area contributed by atoms with Crippen molar-refractivity contribution < 1.29 is 23.4 Å². The van der Waals surface area contributed by atoms with Crippen molar-refractivity contribution in [3.05, 3.63) is 72.0 Å². The van der Waals surface area contributed by atoms with Crippen LogP contribution >= 0.6 is 11.3 Å². The molecule has 13 heteroatoms. The van der Waals surface area contributed by atoms with Gasteiger partial charge in [-0.1, -0.05) is 6.58 Å². The maximum Gasteiger partial charge on any atom is 0.243 e. The van der Waals surface area contributed by atoms with Crippen LogP contribution in [0.2, 0.25) is 0 Å². The number of pyridine rings is 1. The maximum absolute atomic E-state index is 15.8. The molecule has 1 aromatic carbocycles. The van der Waals surface area contributed by atoms with Crippen LogP contribution in [0.1, 0.15) is 24.7 Å². The molecule has 222 valence electrons. The first-order valence-corrected chi connectivity index (χ1v) is 14.5. The number of fused-ring (bicyclic) bond motifs is 1. The van der Waals surface area contributed by atoms with Gasteiger partial charge < -0.3 is 20.1 Å². The van der Waals surface area contributed by atoms with Crippen molar-refractivity contribution in [1.82, 2.24) is 35.2 Å². The number of H-pyrrole nitrogens is 1. The number of likely N-dealkylation sites (N-methyl/N-ethyl adjacent to an activating group) is 1. The van der Waals surface area contributed by atoms with Crippen LogP contribution < -0.4 is 10.1 Å². The number of aliphatic hydroxyl groups excluding tert-OH is 1. The summed E-state index contributed by atoms with van der Waals surface area (Å²) in [4.78, 5) is 19.2. The number of nitrogens with zero attached hydrogens (tertiary/aromatic N) is 5. The Hall–Kier alpha value is -4.46. The highest BCUT2D eigenvalue weighted by Gasteiger charge is 2.29. The van der Waals surface area contributed by atoms with Crippen LogP contribution in [-0.2, 0) is 4.79 Å². The number of hydrogen-bond donors (Lipinski definition) is 3. The van der Waals surface area contributed by atoms with Crippen molar-refractivity contribution in [1.29, 1.82) is 0 Å². The third-order valence-corrected chi connectivity index (χ3v) is 8.30. The average Bonchev–Trinajstić information content (AvgIpc) is 3.74. The number of benzene rings is 1. The van der Waals surface area contributed by atoms with E-state index in [1.807, 2.05) is 22.3 Å². The Balaban J connectivity index is 1.57. The molecule has 1 saturated heterocycles. The van der Waals surface area contributed by atoms with Crippen LogP contribution in [-0.4, -0.2) is 74.2 Å². The largest absolute Gasteiger partial charge is 0.490 e. The predicted octanol–water partition coefficient (Wildman–Crippen LogP) is 4.72. The minimum atomic E-state index is -0.845. The lowest BCUT2D eigenvalue weighted by Crippen LogP contribution is -2.45. The summed E-state index contributed by atoms with van der Waals surface area (Å²) in [5, 5.41) is 26.9. The van der Waals surface area contributed by atoms with Crippen LogP contribution in [0, 0.1) is 11.6 Å². The number of ether oxygens (including phenoxy) is 1. The van der Waals surface area contributed by atoms with Gasteiger partial charge in [0.25, 0.3) is 0 Å². The molecule has 1 aliphatic rings. The zero-order valence-electron chi connectivity index (χ0n) is 23.5. The Morgan fingerprint density at radius 3 is 2.86 bits per heavy atom. The summed E-state index contributed by atoms with van der Waals surface area (Å²) in [5.74, 6) is -2.08. The molecule has 3 N–H and O–H groups in total. The molecule has 5 heterocycles. The number of aromatic nitrogens is 5. The number of nitrogens with one attached hydrogen (secondary N) is 2. The van der Waals surface area contributed by atoms with Crippen molar-refractivity contribution in [3.8, 4) is 39.5 Å².